The predicted molar refractivity (Wildman–Crippen MR) is 93.8 cm³/mol. The molecule has 5 heteroatoms. The molecule has 0 bridgehead atoms. The molecule has 1 heterocycles. The third-order valence-corrected chi connectivity index (χ3v) is 4.04. The van der Waals surface area contributed by atoms with E-state index in [1.807, 2.05) is 43.3 Å². The number of aryl methyl sites for hydroxylation is 1. The van der Waals surface area contributed by atoms with Gasteiger partial charge in [-0.25, -0.2) is 0 Å². The van der Waals surface area contributed by atoms with Crippen LogP contribution in [0.25, 0.3) is 0 Å². The minimum absolute atomic E-state index is 0. The zero-order valence-corrected chi connectivity index (χ0v) is 13.8. The van der Waals surface area contributed by atoms with Crippen LogP contribution >= 0.6 is 12.4 Å². The van der Waals surface area contributed by atoms with Gasteiger partial charge in [0.05, 0.1) is 6.04 Å². The van der Waals surface area contributed by atoms with Gasteiger partial charge in [0.25, 0.3) is 5.91 Å². The number of rotatable bonds is 3. The molecule has 2 atom stereocenters. The van der Waals surface area contributed by atoms with Crippen molar-refractivity contribution in [2.75, 3.05) is 12.3 Å². The maximum Gasteiger partial charge on any atom is 0.251 e. The van der Waals surface area contributed by atoms with E-state index in [1.54, 1.807) is 12.1 Å². The third-order valence-electron chi connectivity index (χ3n) is 4.04. The summed E-state index contributed by atoms with van der Waals surface area (Å²) in [5.41, 5.74) is 9.02. The molecule has 1 fully saturated rings. The van der Waals surface area contributed by atoms with Crippen LogP contribution in [0.3, 0.4) is 0 Å². The number of benzene rings is 2. The Hall–Kier alpha value is -2.04. The van der Waals surface area contributed by atoms with Crippen LogP contribution in [0.2, 0.25) is 0 Å². The number of nitrogens with one attached hydrogen (secondary N) is 1. The number of carbonyl (C=O) groups excluding carboxylic acids is 1. The summed E-state index contributed by atoms with van der Waals surface area (Å²) >= 11 is 0. The van der Waals surface area contributed by atoms with Crippen LogP contribution in [0.1, 0.15) is 34.0 Å². The summed E-state index contributed by atoms with van der Waals surface area (Å²) in [7, 11) is 0. The summed E-state index contributed by atoms with van der Waals surface area (Å²) in [5, 5.41) is 3.09. The fraction of sp³-hybridized carbons (Fsp3) is 0.278. The van der Waals surface area contributed by atoms with Crippen LogP contribution in [-0.2, 0) is 4.74 Å². The van der Waals surface area contributed by atoms with Crippen molar-refractivity contribution < 1.29 is 9.53 Å². The maximum atomic E-state index is 12.5. The number of nitrogens with two attached hydrogens (primary N) is 1. The first-order valence-corrected chi connectivity index (χ1v) is 7.48. The fourth-order valence-corrected chi connectivity index (χ4v) is 2.84. The topological polar surface area (TPSA) is 64.4 Å². The SMILES string of the molecule is Cc1ccc(N)cc1C(=O)NC1CCOC1c1ccccc1.Cl. The first kappa shape index (κ1) is 17.3. The quantitative estimate of drug-likeness (QED) is 0.848. The Labute approximate surface area is 142 Å². The molecule has 0 saturated carbocycles. The second-order valence-corrected chi connectivity index (χ2v) is 5.65. The molecule has 2 aromatic carbocycles. The van der Waals surface area contributed by atoms with Gasteiger partial charge >= 0.3 is 0 Å². The molecular formula is C18H21ClN2O2. The van der Waals surface area contributed by atoms with Crippen molar-refractivity contribution in [2.24, 2.45) is 0 Å². The van der Waals surface area contributed by atoms with Crippen LogP contribution in [0, 0.1) is 6.92 Å². The number of halogens is 1. The average molecular weight is 333 g/mol. The Bertz CT molecular complexity index is 676. The summed E-state index contributed by atoms with van der Waals surface area (Å²) in [5.74, 6) is -0.0961. The highest BCUT2D eigenvalue weighted by Crippen LogP contribution is 2.29. The van der Waals surface area contributed by atoms with E-state index in [0.29, 0.717) is 17.9 Å². The normalized spacial score (nSPS) is 19.9. The van der Waals surface area contributed by atoms with Crippen molar-refractivity contribution in [1.82, 2.24) is 5.32 Å². The average Bonchev–Trinajstić information content (AvgIpc) is 2.98. The molecule has 1 saturated heterocycles. The van der Waals surface area contributed by atoms with E-state index in [9.17, 15) is 4.79 Å². The molecule has 23 heavy (non-hydrogen) atoms. The van der Waals surface area contributed by atoms with Crippen LogP contribution in [0.5, 0.6) is 0 Å². The van der Waals surface area contributed by atoms with Gasteiger partial charge in [0.2, 0.25) is 0 Å². The van der Waals surface area contributed by atoms with Crippen molar-refractivity contribution in [1.29, 1.82) is 0 Å². The molecule has 3 N–H and O–H groups in total. The van der Waals surface area contributed by atoms with Crippen molar-refractivity contribution in [3.8, 4) is 0 Å². The third kappa shape index (κ3) is 3.84. The molecule has 0 aromatic heterocycles. The molecule has 2 unspecified atom stereocenters. The zero-order valence-electron chi connectivity index (χ0n) is 13.0. The molecule has 0 radical (unpaired) electrons. The highest BCUT2D eigenvalue weighted by molar-refractivity contribution is 5.96. The highest BCUT2D eigenvalue weighted by Gasteiger charge is 2.31. The molecule has 1 aliphatic heterocycles. The highest BCUT2D eigenvalue weighted by atomic mass is 35.5. The van der Waals surface area contributed by atoms with Gasteiger partial charge in [0.15, 0.2) is 0 Å². The van der Waals surface area contributed by atoms with Gasteiger partial charge in [0.1, 0.15) is 6.10 Å². The van der Waals surface area contributed by atoms with Gasteiger partial charge in [-0.15, -0.1) is 12.4 Å². The Morgan fingerprint density at radius 2 is 1.96 bits per heavy atom. The van der Waals surface area contributed by atoms with Gasteiger partial charge < -0.3 is 15.8 Å². The minimum atomic E-state index is -0.0961. The molecule has 4 nitrogen and oxygen atoms in total. The second kappa shape index (κ2) is 7.49. The molecule has 3 rings (SSSR count). The van der Waals surface area contributed by atoms with E-state index in [0.717, 1.165) is 17.5 Å². The molecule has 0 spiro atoms. The molecule has 122 valence electrons. The van der Waals surface area contributed by atoms with Crippen LogP contribution in [-0.4, -0.2) is 18.6 Å². The summed E-state index contributed by atoms with van der Waals surface area (Å²) in [6.45, 7) is 2.56. The maximum absolute atomic E-state index is 12.5. The number of anilines is 1. The van der Waals surface area contributed by atoms with Crippen molar-refractivity contribution >= 4 is 24.0 Å². The first-order chi connectivity index (χ1) is 10.6. The Kier molecular flexibility index (Phi) is 5.64. The summed E-state index contributed by atoms with van der Waals surface area (Å²) < 4.78 is 5.80. The van der Waals surface area contributed by atoms with Gasteiger partial charge in [-0.1, -0.05) is 36.4 Å². The summed E-state index contributed by atoms with van der Waals surface area (Å²) in [4.78, 5) is 12.5. The molecule has 2 aromatic rings. The standard InChI is InChI=1S/C18H20N2O2.ClH/c1-12-7-8-14(19)11-15(12)18(21)20-16-9-10-22-17(16)13-5-3-2-4-6-13;/h2-8,11,16-17H,9-10,19H2,1H3,(H,20,21);1H. The summed E-state index contributed by atoms with van der Waals surface area (Å²) in [6.07, 6.45) is 0.721. The molecule has 0 aliphatic carbocycles. The lowest BCUT2D eigenvalue weighted by Crippen LogP contribution is -2.37. The predicted octanol–water partition coefficient (Wildman–Crippen LogP) is 3.26. The van der Waals surface area contributed by atoms with Gasteiger partial charge in [-0.05, 0) is 36.6 Å². The number of hydrogen-bond donors (Lipinski definition) is 2. The molecule has 1 amide bonds. The summed E-state index contributed by atoms with van der Waals surface area (Å²) in [6, 6.07) is 15.4. The van der Waals surface area contributed by atoms with Gasteiger partial charge in [0, 0.05) is 17.9 Å². The monoisotopic (exact) mass is 332 g/mol. The van der Waals surface area contributed by atoms with Crippen LogP contribution < -0.4 is 11.1 Å². The zero-order chi connectivity index (χ0) is 15.5. The Morgan fingerprint density at radius 1 is 1.22 bits per heavy atom. The smallest absolute Gasteiger partial charge is 0.251 e. The van der Waals surface area contributed by atoms with E-state index in [4.69, 9.17) is 10.5 Å². The van der Waals surface area contributed by atoms with Crippen molar-refractivity contribution in [3.05, 3.63) is 65.2 Å². The Balaban J connectivity index is 0.00000192. The lowest BCUT2D eigenvalue weighted by molar-refractivity contribution is 0.0821. The Morgan fingerprint density at radius 3 is 2.70 bits per heavy atom. The first-order valence-electron chi connectivity index (χ1n) is 7.48. The number of amides is 1. The molecular weight excluding hydrogens is 312 g/mol. The van der Waals surface area contributed by atoms with Crippen LogP contribution in [0.15, 0.2) is 48.5 Å². The van der Waals surface area contributed by atoms with Crippen molar-refractivity contribution in [2.45, 2.75) is 25.5 Å². The van der Waals surface area contributed by atoms with Gasteiger partial charge in [-0.2, -0.15) is 0 Å². The number of carbonyl (C=O) groups is 1. The minimum Gasteiger partial charge on any atom is -0.399 e. The largest absolute Gasteiger partial charge is 0.399 e. The number of nitrogen functional groups attached to an aromatic ring is 1. The van der Waals surface area contributed by atoms with Crippen LogP contribution in [0.4, 0.5) is 5.69 Å². The van der Waals surface area contributed by atoms with E-state index >= 15 is 0 Å². The lowest BCUT2D eigenvalue weighted by Gasteiger charge is -2.20. The van der Waals surface area contributed by atoms with E-state index in [2.05, 4.69) is 5.32 Å². The number of ether oxygens (including phenoxy) is 1. The molecule has 1 aliphatic rings. The van der Waals surface area contributed by atoms with Gasteiger partial charge in [-0.3, -0.25) is 4.79 Å². The van der Waals surface area contributed by atoms with E-state index in [-0.39, 0.29) is 30.5 Å². The fourth-order valence-electron chi connectivity index (χ4n) is 2.84. The number of hydrogen-bond acceptors (Lipinski definition) is 3. The lowest BCUT2D eigenvalue weighted by atomic mass is 10.0. The van der Waals surface area contributed by atoms with E-state index < -0.39 is 0 Å². The van der Waals surface area contributed by atoms with E-state index in [1.165, 1.54) is 0 Å². The second-order valence-electron chi connectivity index (χ2n) is 5.65. The van der Waals surface area contributed by atoms with Crippen molar-refractivity contribution in [3.63, 3.8) is 0 Å².